The van der Waals surface area contributed by atoms with Crippen LogP contribution in [0.5, 0.6) is 0 Å². The number of nitrogens with two attached hydrogens (primary N) is 1. The topological polar surface area (TPSA) is 209 Å². The first-order valence-corrected chi connectivity index (χ1v) is 15.1. The molecule has 0 aliphatic heterocycles. The summed E-state index contributed by atoms with van der Waals surface area (Å²) in [4.78, 5) is 75.8. The summed E-state index contributed by atoms with van der Waals surface area (Å²) < 4.78 is 0. The van der Waals surface area contributed by atoms with Gasteiger partial charge in [0.2, 0.25) is 23.6 Å². The molecule has 4 atom stereocenters. The van der Waals surface area contributed by atoms with E-state index in [4.69, 9.17) is 17.3 Å². The number of urea groups is 1. The lowest BCUT2D eigenvalue weighted by Crippen LogP contribution is -2.58. The fourth-order valence-electron chi connectivity index (χ4n) is 4.88. The van der Waals surface area contributed by atoms with Crippen LogP contribution in [-0.4, -0.2) is 64.9 Å². The van der Waals surface area contributed by atoms with Crippen molar-refractivity contribution in [2.45, 2.75) is 70.6 Å². The number of carbonyl (C=O) groups is 6. The largest absolute Gasteiger partial charge is 0.481 e. The number of aliphatic carboxylic acids is 1. The molecule has 3 rings (SSSR count). The number of hydrogen-bond acceptors (Lipinski definition) is 6. The number of benzene rings is 2. The van der Waals surface area contributed by atoms with Crippen LogP contribution in [0.4, 0.5) is 10.5 Å². The van der Waals surface area contributed by atoms with Gasteiger partial charge in [-0.3, -0.25) is 24.0 Å². The average molecular weight is 655 g/mol. The van der Waals surface area contributed by atoms with Crippen LogP contribution in [0.1, 0.15) is 51.2 Å². The van der Waals surface area contributed by atoms with E-state index in [2.05, 4.69) is 26.6 Å². The summed E-state index contributed by atoms with van der Waals surface area (Å²) in [6.07, 6.45) is 2.03. The molecule has 2 aromatic carbocycles. The van der Waals surface area contributed by atoms with E-state index in [1.54, 1.807) is 24.3 Å². The maximum Gasteiger partial charge on any atom is 0.319 e. The second kappa shape index (κ2) is 16.4. The molecule has 1 aliphatic carbocycles. The third-order valence-corrected chi connectivity index (χ3v) is 7.46. The Hall–Kier alpha value is -4.91. The molecule has 1 aliphatic rings. The normalized spacial score (nSPS) is 14.5. The van der Waals surface area contributed by atoms with Crippen molar-refractivity contribution < 1.29 is 33.9 Å². The Labute approximate surface area is 271 Å². The van der Waals surface area contributed by atoms with E-state index < -0.39 is 66.2 Å². The van der Waals surface area contributed by atoms with Gasteiger partial charge in [0.25, 0.3) is 0 Å². The van der Waals surface area contributed by atoms with Crippen molar-refractivity contribution in [3.05, 3.63) is 70.8 Å². The first-order chi connectivity index (χ1) is 21.7. The Morgan fingerprint density at radius 2 is 1.43 bits per heavy atom. The molecule has 46 heavy (non-hydrogen) atoms. The number of anilines is 1. The summed E-state index contributed by atoms with van der Waals surface area (Å²) in [5, 5.41) is 22.5. The molecule has 14 heteroatoms. The number of halogens is 1. The van der Waals surface area contributed by atoms with E-state index in [1.807, 2.05) is 44.2 Å². The van der Waals surface area contributed by atoms with Crippen LogP contribution in [0.3, 0.4) is 0 Å². The number of primary amides is 1. The summed E-state index contributed by atoms with van der Waals surface area (Å²) in [7, 11) is 0. The Morgan fingerprint density at radius 3 is 2.07 bits per heavy atom. The summed E-state index contributed by atoms with van der Waals surface area (Å²) in [6.45, 7) is 5.15. The van der Waals surface area contributed by atoms with Gasteiger partial charge in [0.15, 0.2) is 0 Å². The van der Waals surface area contributed by atoms with E-state index in [-0.39, 0.29) is 18.8 Å². The molecular formula is C32H39ClN6O7. The monoisotopic (exact) mass is 654 g/mol. The smallest absolute Gasteiger partial charge is 0.319 e. The van der Waals surface area contributed by atoms with Crippen LogP contribution in [0.25, 0.3) is 5.57 Å². The number of rotatable bonds is 15. The molecule has 0 bridgehead atoms. The summed E-state index contributed by atoms with van der Waals surface area (Å²) in [5.41, 5.74) is 8.50. The lowest BCUT2D eigenvalue weighted by molar-refractivity contribution is -0.140. The molecule has 0 aromatic heterocycles. The number of carboxylic acid groups (broad SMARTS) is 1. The number of carbonyl (C=O) groups excluding carboxylic acids is 5. The van der Waals surface area contributed by atoms with Gasteiger partial charge in [0.1, 0.15) is 24.2 Å². The third-order valence-electron chi connectivity index (χ3n) is 7.21. The number of nitrogens with one attached hydrogen (secondary N) is 5. The molecule has 2 aromatic rings. The van der Waals surface area contributed by atoms with Crippen molar-refractivity contribution in [3.8, 4) is 0 Å². The summed E-state index contributed by atoms with van der Waals surface area (Å²) >= 11 is 5.87. The Balaban J connectivity index is 1.75. The van der Waals surface area contributed by atoms with Gasteiger partial charge >= 0.3 is 12.0 Å². The highest BCUT2D eigenvalue weighted by Gasteiger charge is 2.32. The van der Waals surface area contributed by atoms with Gasteiger partial charge in [0.05, 0.1) is 6.42 Å². The second-order valence-corrected chi connectivity index (χ2v) is 11.9. The first kappa shape index (κ1) is 35.6. The van der Waals surface area contributed by atoms with Crippen molar-refractivity contribution in [1.82, 2.24) is 21.3 Å². The van der Waals surface area contributed by atoms with Gasteiger partial charge in [-0.2, -0.15) is 0 Å². The predicted molar refractivity (Wildman–Crippen MR) is 173 cm³/mol. The third kappa shape index (κ3) is 10.6. The number of allylic oxidation sites excluding steroid dienone is 1. The van der Waals surface area contributed by atoms with Gasteiger partial charge in [-0.15, -0.1) is 0 Å². The van der Waals surface area contributed by atoms with E-state index in [9.17, 15) is 33.9 Å². The minimum Gasteiger partial charge on any atom is -0.481 e. The molecule has 4 unspecified atom stereocenters. The molecule has 246 valence electrons. The highest BCUT2D eigenvalue weighted by atomic mass is 35.5. The molecule has 0 saturated heterocycles. The van der Waals surface area contributed by atoms with Crippen LogP contribution in [0, 0.1) is 5.92 Å². The lowest BCUT2D eigenvalue weighted by Gasteiger charge is -2.26. The molecule has 8 N–H and O–H groups in total. The van der Waals surface area contributed by atoms with Crippen LogP contribution in [0.15, 0.2) is 54.6 Å². The number of fused-ring (bicyclic) bond motifs is 1. The number of carboxylic acids is 1. The predicted octanol–water partition coefficient (Wildman–Crippen LogP) is 2.34. The van der Waals surface area contributed by atoms with Crippen LogP contribution in [0.2, 0.25) is 5.02 Å². The quantitative estimate of drug-likeness (QED) is 0.152. The van der Waals surface area contributed by atoms with Crippen LogP contribution >= 0.6 is 11.6 Å². The van der Waals surface area contributed by atoms with Crippen molar-refractivity contribution in [2.75, 3.05) is 5.32 Å². The SMILES string of the molecule is CC(C)CC(NC(=O)C(C)NC(=O)Nc1ccc(Cl)cc1)C(=O)NC(CC1=CCc2ccccc21)C(=O)NC(CC(=O)O)C(N)=O. The maximum atomic E-state index is 13.6. The highest BCUT2D eigenvalue weighted by Crippen LogP contribution is 2.30. The van der Waals surface area contributed by atoms with E-state index in [0.717, 1.165) is 16.7 Å². The highest BCUT2D eigenvalue weighted by molar-refractivity contribution is 6.30. The first-order valence-electron chi connectivity index (χ1n) is 14.8. The van der Waals surface area contributed by atoms with Gasteiger partial charge in [0, 0.05) is 17.1 Å². The number of amides is 6. The zero-order valence-corrected chi connectivity index (χ0v) is 26.5. The molecular weight excluding hydrogens is 616 g/mol. The summed E-state index contributed by atoms with van der Waals surface area (Å²) in [5.74, 6) is -4.58. The van der Waals surface area contributed by atoms with Gasteiger partial charge in [-0.05, 0) is 66.6 Å². The van der Waals surface area contributed by atoms with Gasteiger partial charge in [-0.1, -0.05) is 55.8 Å². The Bertz CT molecular complexity index is 1490. The Morgan fingerprint density at radius 1 is 0.826 bits per heavy atom. The molecule has 0 spiro atoms. The minimum atomic E-state index is -1.51. The van der Waals surface area contributed by atoms with Crippen molar-refractivity contribution in [1.29, 1.82) is 0 Å². The fourth-order valence-corrected chi connectivity index (χ4v) is 5.01. The van der Waals surface area contributed by atoms with E-state index in [1.165, 1.54) is 6.92 Å². The second-order valence-electron chi connectivity index (χ2n) is 11.4. The summed E-state index contributed by atoms with van der Waals surface area (Å²) in [6, 6.07) is 8.41. The molecule has 0 heterocycles. The molecule has 0 radical (unpaired) electrons. The zero-order chi connectivity index (χ0) is 34.0. The standard InChI is InChI=1S/C32H39ClN6O7/c1-17(2)14-25(38-29(43)18(3)35-32(46)36-22-12-10-21(33)11-13-22)30(44)39-26(31(45)37-24(28(34)42)16-27(40)41)15-20-9-8-19-6-4-5-7-23(19)20/h4-7,9-13,17-18,24-26H,8,14-16H2,1-3H3,(H2,34,42)(H,37,45)(H,38,43)(H,39,44)(H,40,41)(H2,35,36,46). The van der Waals surface area contributed by atoms with Crippen molar-refractivity contribution >= 4 is 58.5 Å². The molecule has 6 amide bonds. The molecule has 0 saturated carbocycles. The fraction of sp³-hybridized carbons (Fsp3) is 0.375. The van der Waals surface area contributed by atoms with Gasteiger partial charge < -0.3 is 37.4 Å². The van der Waals surface area contributed by atoms with Gasteiger partial charge in [-0.25, -0.2) is 4.79 Å². The molecule has 13 nitrogen and oxygen atoms in total. The molecule has 0 fully saturated rings. The lowest BCUT2D eigenvalue weighted by atomic mass is 9.97. The van der Waals surface area contributed by atoms with Crippen molar-refractivity contribution in [3.63, 3.8) is 0 Å². The zero-order valence-electron chi connectivity index (χ0n) is 25.8. The van der Waals surface area contributed by atoms with Crippen LogP contribution in [-0.2, 0) is 30.4 Å². The van der Waals surface area contributed by atoms with E-state index in [0.29, 0.717) is 17.1 Å². The maximum absolute atomic E-state index is 13.6. The van der Waals surface area contributed by atoms with Crippen molar-refractivity contribution in [2.24, 2.45) is 11.7 Å². The minimum absolute atomic E-state index is 0.0261. The van der Waals surface area contributed by atoms with E-state index >= 15 is 0 Å². The number of hydrogen-bond donors (Lipinski definition) is 7. The average Bonchev–Trinajstić information content (AvgIpc) is 3.39. The van der Waals surface area contributed by atoms with Crippen LogP contribution < -0.4 is 32.3 Å². The Kier molecular flexibility index (Phi) is 12.7.